The van der Waals surface area contributed by atoms with E-state index in [1.54, 1.807) is 0 Å². The van der Waals surface area contributed by atoms with Crippen molar-refractivity contribution in [1.82, 2.24) is 0 Å². The van der Waals surface area contributed by atoms with Gasteiger partial charge in [-0.2, -0.15) is 13.2 Å². The minimum Gasteiger partial charge on any atom is -0.490 e. The largest absolute Gasteiger partial charge is 0.490 e. The van der Waals surface area contributed by atoms with E-state index in [4.69, 9.17) is 14.6 Å². The maximum Gasteiger partial charge on any atom is 0.419 e. The molecule has 1 aromatic rings. The summed E-state index contributed by atoms with van der Waals surface area (Å²) in [7, 11) is 0. The van der Waals surface area contributed by atoms with Crippen LogP contribution in [0.3, 0.4) is 0 Å². The van der Waals surface area contributed by atoms with E-state index in [1.165, 1.54) is 0 Å². The van der Waals surface area contributed by atoms with Gasteiger partial charge in [0.2, 0.25) is 0 Å². The van der Waals surface area contributed by atoms with E-state index in [0.29, 0.717) is 12.7 Å². The lowest BCUT2D eigenvalue weighted by atomic mass is 10.1. The zero-order chi connectivity index (χ0) is 15.5. The third-order valence-corrected chi connectivity index (χ3v) is 3.23. The van der Waals surface area contributed by atoms with Gasteiger partial charge in [0.1, 0.15) is 12.4 Å². The molecule has 0 aliphatic carbocycles. The zero-order valence-electron chi connectivity index (χ0n) is 11.2. The highest BCUT2D eigenvalue weighted by atomic mass is 19.4. The lowest BCUT2D eigenvalue weighted by Gasteiger charge is -2.23. The van der Waals surface area contributed by atoms with E-state index in [-0.39, 0.29) is 18.5 Å². The van der Waals surface area contributed by atoms with Gasteiger partial charge in [-0.25, -0.2) is 4.79 Å². The second kappa shape index (κ2) is 6.34. The van der Waals surface area contributed by atoms with Crippen LogP contribution in [0.15, 0.2) is 18.2 Å². The number of aromatic carboxylic acids is 1. The molecule has 1 aromatic carbocycles. The number of ether oxygens (including phenoxy) is 2. The number of hydrogen-bond acceptors (Lipinski definition) is 3. The van der Waals surface area contributed by atoms with Gasteiger partial charge in [0.25, 0.3) is 0 Å². The van der Waals surface area contributed by atoms with Crippen LogP contribution in [0, 0.1) is 0 Å². The van der Waals surface area contributed by atoms with Crippen LogP contribution < -0.4 is 4.74 Å². The zero-order valence-corrected chi connectivity index (χ0v) is 11.2. The Morgan fingerprint density at radius 1 is 1.38 bits per heavy atom. The quantitative estimate of drug-likeness (QED) is 0.927. The van der Waals surface area contributed by atoms with Crippen LogP contribution >= 0.6 is 0 Å². The fraction of sp³-hybridized carbons (Fsp3) is 0.500. The first-order valence-corrected chi connectivity index (χ1v) is 6.57. The summed E-state index contributed by atoms with van der Waals surface area (Å²) in [4.78, 5) is 10.8. The Hall–Kier alpha value is -1.76. The molecule has 116 valence electrons. The summed E-state index contributed by atoms with van der Waals surface area (Å²) in [6.07, 6.45) is -2.25. The molecule has 1 fully saturated rings. The monoisotopic (exact) mass is 304 g/mol. The Balaban J connectivity index is 2.15. The van der Waals surface area contributed by atoms with E-state index in [2.05, 4.69) is 0 Å². The summed E-state index contributed by atoms with van der Waals surface area (Å²) in [6, 6.07) is 2.71. The summed E-state index contributed by atoms with van der Waals surface area (Å²) < 4.78 is 49.4. The number of rotatable bonds is 4. The second-order valence-corrected chi connectivity index (χ2v) is 4.81. The van der Waals surface area contributed by atoms with E-state index < -0.39 is 23.3 Å². The number of benzene rings is 1. The molecule has 2 rings (SSSR count). The summed E-state index contributed by atoms with van der Waals surface area (Å²) in [5.41, 5.74) is -1.51. The van der Waals surface area contributed by atoms with Crippen LogP contribution in [0.2, 0.25) is 0 Å². The molecule has 0 saturated carbocycles. The van der Waals surface area contributed by atoms with E-state index in [0.717, 1.165) is 31.4 Å². The van der Waals surface area contributed by atoms with E-state index in [9.17, 15) is 18.0 Å². The van der Waals surface area contributed by atoms with Gasteiger partial charge < -0.3 is 14.6 Å². The fourth-order valence-corrected chi connectivity index (χ4v) is 2.13. The van der Waals surface area contributed by atoms with Gasteiger partial charge in [0, 0.05) is 6.61 Å². The van der Waals surface area contributed by atoms with Crippen molar-refractivity contribution in [2.45, 2.75) is 31.5 Å². The van der Waals surface area contributed by atoms with Crippen molar-refractivity contribution in [2.24, 2.45) is 0 Å². The molecule has 0 bridgehead atoms. The highest BCUT2D eigenvalue weighted by molar-refractivity contribution is 5.88. The Bertz CT molecular complexity index is 507. The minimum atomic E-state index is -4.67. The minimum absolute atomic E-state index is 0.0233. The molecule has 21 heavy (non-hydrogen) atoms. The maximum atomic E-state index is 13.0. The van der Waals surface area contributed by atoms with Gasteiger partial charge >= 0.3 is 12.1 Å². The van der Waals surface area contributed by atoms with Gasteiger partial charge in [-0.1, -0.05) is 0 Å². The summed E-state index contributed by atoms with van der Waals surface area (Å²) in [5, 5.41) is 8.77. The predicted molar refractivity (Wildman–Crippen MR) is 67.5 cm³/mol. The van der Waals surface area contributed by atoms with Crippen LogP contribution in [-0.2, 0) is 10.9 Å². The normalized spacial score (nSPS) is 19.3. The molecule has 1 atom stereocenters. The number of hydrogen-bond donors (Lipinski definition) is 1. The highest BCUT2D eigenvalue weighted by Gasteiger charge is 2.35. The highest BCUT2D eigenvalue weighted by Crippen LogP contribution is 2.37. The second-order valence-electron chi connectivity index (χ2n) is 4.81. The third kappa shape index (κ3) is 4.10. The number of carboxylic acids is 1. The molecule has 4 nitrogen and oxygen atoms in total. The molecule has 1 heterocycles. The molecule has 0 spiro atoms. The third-order valence-electron chi connectivity index (χ3n) is 3.23. The Morgan fingerprint density at radius 2 is 2.14 bits per heavy atom. The van der Waals surface area contributed by atoms with Crippen molar-refractivity contribution in [3.8, 4) is 5.75 Å². The first-order valence-electron chi connectivity index (χ1n) is 6.57. The molecule has 1 aliphatic rings. The number of alkyl halides is 3. The smallest absolute Gasteiger partial charge is 0.419 e. The summed E-state index contributed by atoms with van der Waals surface area (Å²) in [5.74, 6) is -1.79. The van der Waals surface area contributed by atoms with Gasteiger partial charge in [0.15, 0.2) is 0 Å². The SMILES string of the molecule is O=C(O)c1ccc(OCC2CCCCO2)c(C(F)(F)F)c1. The van der Waals surface area contributed by atoms with E-state index in [1.807, 2.05) is 0 Å². The fourth-order valence-electron chi connectivity index (χ4n) is 2.13. The molecule has 7 heteroatoms. The Morgan fingerprint density at radius 3 is 2.71 bits per heavy atom. The van der Waals surface area contributed by atoms with Gasteiger partial charge in [-0.3, -0.25) is 0 Å². The van der Waals surface area contributed by atoms with Crippen molar-refractivity contribution in [3.05, 3.63) is 29.3 Å². The van der Waals surface area contributed by atoms with Crippen LogP contribution in [0.5, 0.6) is 5.75 Å². The first kappa shape index (κ1) is 15.6. The van der Waals surface area contributed by atoms with Crippen molar-refractivity contribution in [2.75, 3.05) is 13.2 Å². The topological polar surface area (TPSA) is 55.8 Å². The molecular weight excluding hydrogens is 289 g/mol. The van der Waals surface area contributed by atoms with Crippen molar-refractivity contribution < 1.29 is 32.5 Å². The number of halogens is 3. The summed E-state index contributed by atoms with van der Waals surface area (Å²) in [6.45, 7) is 0.605. The average Bonchev–Trinajstić information content (AvgIpc) is 2.45. The molecule has 1 aliphatic heterocycles. The van der Waals surface area contributed by atoms with Crippen LogP contribution in [0.1, 0.15) is 35.2 Å². The standard InChI is InChI=1S/C14H15F3O4/c15-14(16,17)11-7-9(13(18)19)4-5-12(11)21-8-10-3-1-2-6-20-10/h4-5,7,10H,1-3,6,8H2,(H,18,19). The van der Waals surface area contributed by atoms with Crippen LogP contribution in [0.25, 0.3) is 0 Å². The van der Waals surface area contributed by atoms with Gasteiger partial charge in [-0.15, -0.1) is 0 Å². The van der Waals surface area contributed by atoms with Gasteiger partial charge in [0.05, 0.1) is 17.2 Å². The van der Waals surface area contributed by atoms with Crippen molar-refractivity contribution in [3.63, 3.8) is 0 Å². The van der Waals surface area contributed by atoms with Gasteiger partial charge in [-0.05, 0) is 37.5 Å². The Labute approximate surface area is 119 Å². The molecule has 0 amide bonds. The molecule has 1 N–H and O–H groups in total. The molecule has 1 saturated heterocycles. The van der Waals surface area contributed by atoms with Crippen molar-refractivity contribution in [1.29, 1.82) is 0 Å². The van der Waals surface area contributed by atoms with Crippen LogP contribution in [0.4, 0.5) is 13.2 Å². The molecule has 1 unspecified atom stereocenters. The molecular formula is C14H15F3O4. The molecule has 0 aromatic heterocycles. The average molecular weight is 304 g/mol. The molecule has 0 radical (unpaired) electrons. The summed E-state index contributed by atoms with van der Waals surface area (Å²) >= 11 is 0. The lowest BCUT2D eigenvalue weighted by molar-refractivity contribution is -0.139. The van der Waals surface area contributed by atoms with Crippen molar-refractivity contribution >= 4 is 5.97 Å². The lowest BCUT2D eigenvalue weighted by Crippen LogP contribution is -2.26. The maximum absolute atomic E-state index is 13.0. The number of carbonyl (C=O) groups is 1. The van der Waals surface area contributed by atoms with Crippen LogP contribution in [-0.4, -0.2) is 30.4 Å². The first-order chi connectivity index (χ1) is 9.88. The van der Waals surface area contributed by atoms with E-state index >= 15 is 0 Å². The number of carboxylic acid groups (broad SMARTS) is 1. The predicted octanol–water partition coefficient (Wildman–Crippen LogP) is 3.35. The Kier molecular flexibility index (Phi) is 4.72.